The molecule has 0 bridgehead atoms. The molecule has 0 saturated heterocycles. The lowest BCUT2D eigenvalue weighted by Gasteiger charge is -2.32. The van der Waals surface area contributed by atoms with Gasteiger partial charge in [0.05, 0.1) is 5.54 Å². The number of aliphatic carboxylic acids is 1. The SMILES string of the molecule is CC(N)(C(=O)N(CCCC(=O)O)c1ccccc1)C1CC1. The van der Waals surface area contributed by atoms with Gasteiger partial charge >= 0.3 is 5.97 Å². The molecule has 0 spiro atoms. The zero-order chi connectivity index (χ0) is 15.5. The van der Waals surface area contributed by atoms with Gasteiger partial charge < -0.3 is 15.7 Å². The zero-order valence-corrected chi connectivity index (χ0v) is 12.3. The Labute approximate surface area is 124 Å². The van der Waals surface area contributed by atoms with Crippen LogP contribution in [-0.2, 0) is 9.59 Å². The van der Waals surface area contributed by atoms with Gasteiger partial charge in [-0.2, -0.15) is 0 Å². The summed E-state index contributed by atoms with van der Waals surface area (Å²) < 4.78 is 0. The molecule has 0 aromatic heterocycles. The minimum atomic E-state index is -0.876. The predicted octanol–water partition coefficient (Wildman–Crippen LogP) is 2.01. The van der Waals surface area contributed by atoms with Gasteiger partial charge in [0.2, 0.25) is 5.91 Å². The molecule has 3 N–H and O–H groups in total. The zero-order valence-electron chi connectivity index (χ0n) is 12.3. The first-order valence-electron chi connectivity index (χ1n) is 7.30. The normalized spacial score (nSPS) is 17.0. The highest BCUT2D eigenvalue weighted by Crippen LogP contribution is 2.39. The molecule has 5 nitrogen and oxygen atoms in total. The number of amides is 1. The Hall–Kier alpha value is -1.88. The van der Waals surface area contributed by atoms with E-state index in [0.29, 0.717) is 13.0 Å². The van der Waals surface area contributed by atoms with Crippen molar-refractivity contribution in [3.63, 3.8) is 0 Å². The first kappa shape index (κ1) is 15.5. The molecule has 0 radical (unpaired) electrons. The fourth-order valence-corrected chi connectivity index (χ4v) is 2.49. The third kappa shape index (κ3) is 3.82. The summed E-state index contributed by atoms with van der Waals surface area (Å²) in [6, 6.07) is 9.30. The fraction of sp³-hybridized carbons (Fsp3) is 0.500. The van der Waals surface area contributed by atoms with E-state index in [-0.39, 0.29) is 18.2 Å². The molecule has 21 heavy (non-hydrogen) atoms. The highest BCUT2D eigenvalue weighted by molar-refractivity contribution is 6.00. The lowest BCUT2D eigenvalue weighted by atomic mass is 9.95. The highest BCUT2D eigenvalue weighted by Gasteiger charge is 2.46. The van der Waals surface area contributed by atoms with Crippen molar-refractivity contribution < 1.29 is 14.7 Å². The van der Waals surface area contributed by atoms with Crippen LogP contribution in [0.2, 0.25) is 0 Å². The third-order valence-electron chi connectivity index (χ3n) is 3.97. The van der Waals surface area contributed by atoms with Crippen molar-refractivity contribution in [3.05, 3.63) is 30.3 Å². The van der Waals surface area contributed by atoms with Gasteiger partial charge in [0.15, 0.2) is 0 Å². The molecule has 1 aliphatic rings. The second kappa shape index (κ2) is 6.26. The van der Waals surface area contributed by atoms with Gasteiger partial charge in [0.1, 0.15) is 0 Å². The summed E-state index contributed by atoms with van der Waals surface area (Å²) in [5.74, 6) is -0.745. The Morgan fingerprint density at radius 3 is 2.48 bits per heavy atom. The average Bonchev–Trinajstić information content (AvgIpc) is 3.28. The van der Waals surface area contributed by atoms with Crippen LogP contribution >= 0.6 is 0 Å². The van der Waals surface area contributed by atoms with Gasteiger partial charge in [0, 0.05) is 18.7 Å². The molecule has 114 valence electrons. The standard InChI is InChI=1S/C16H22N2O3/c1-16(17,12-9-10-12)15(21)18(11-5-8-14(19)20)13-6-3-2-4-7-13/h2-4,6-7,12H,5,8-11,17H2,1H3,(H,19,20). The molecule has 1 atom stereocenters. The topological polar surface area (TPSA) is 83.6 Å². The molecule has 5 heteroatoms. The minimum Gasteiger partial charge on any atom is -0.481 e. The second-order valence-corrected chi connectivity index (χ2v) is 5.85. The van der Waals surface area contributed by atoms with E-state index in [9.17, 15) is 9.59 Å². The number of carboxylic acid groups (broad SMARTS) is 1. The van der Waals surface area contributed by atoms with Crippen molar-refractivity contribution in [1.82, 2.24) is 0 Å². The molecule has 1 aromatic carbocycles. The van der Waals surface area contributed by atoms with E-state index in [1.807, 2.05) is 30.3 Å². The maximum Gasteiger partial charge on any atom is 0.303 e. The molecular weight excluding hydrogens is 268 g/mol. The number of benzene rings is 1. The lowest BCUT2D eigenvalue weighted by Crippen LogP contribution is -2.55. The fourth-order valence-electron chi connectivity index (χ4n) is 2.49. The van der Waals surface area contributed by atoms with E-state index in [0.717, 1.165) is 18.5 Å². The van der Waals surface area contributed by atoms with E-state index < -0.39 is 11.5 Å². The Bertz CT molecular complexity index is 510. The van der Waals surface area contributed by atoms with Crippen LogP contribution in [0, 0.1) is 5.92 Å². The second-order valence-electron chi connectivity index (χ2n) is 5.85. The molecule has 1 amide bonds. The molecule has 1 unspecified atom stereocenters. The number of carbonyl (C=O) groups excluding carboxylic acids is 1. The quantitative estimate of drug-likeness (QED) is 0.804. The Kier molecular flexibility index (Phi) is 4.63. The van der Waals surface area contributed by atoms with Crippen molar-refractivity contribution in [2.24, 2.45) is 11.7 Å². The number of anilines is 1. The van der Waals surface area contributed by atoms with Crippen molar-refractivity contribution in [2.45, 2.75) is 38.1 Å². The Morgan fingerprint density at radius 2 is 1.95 bits per heavy atom. The molecule has 0 aliphatic heterocycles. The monoisotopic (exact) mass is 290 g/mol. The Balaban J connectivity index is 2.15. The van der Waals surface area contributed by atoms with Crippen LogP contribution in [0.1, 0.15) is 32.6 Å². The number of hydrogen-bond donors (Lipinski definition) is 2. The van der Waals surface area contributed by atoms with Crippen LogP contribution in [0.4, 0.5) is 5.69 Å². The van der Waals surface area contributed by atoms with Gasteiger partial charge in [-0.25, -0.2) is 0 Å². The maximum absolute atomic E-state index is 12.8. The van der Waals surface area contributed by atoms with Gasteiger partial charge in [-0.1, -0.05) is 18.2 Å². The number of rotatable bonds is 7. The number of nitrogens with two attached hydrogens (primary N) is 1. The molecule has 1 aliphatic carbocycles. The first-order valence-corrected chi connectivity index (χ1v) is 7.30. The predicted molar refractivity (Wildman–Crippen MR) is 81.0 cm³/mol. The number of hydrogen-bond acceptors (Lipinski definition) is 3. The van der Waals surface area contributed by atoms with Crippen LogP contribution in [-0.4, -0.2) is 29.1 Å². The largest absolute Gasteiger partial charge is 0.481 e. The van der Waals surface area contributed by atoms with Crippen molar-refractivity contribution in [2.75, 3.05) is 11.4 Å². The van der Waals surface area contributed by atoms with E-state index in [1.165, 1.54) is 0 Å². The minimum absolute atomic E-state index is 0.0430. The van der Waals surface area contributed by atoms with Crippen molar-refractivity contribution >= 4 is 17.6 Å². The smallest absolute Gasteiger partial charge is 0.303 e. The number of nitrogens with zero attached hydrogens (tertiary/aromatic N) is 1. The van der Waals surface area contributed by atoms with Crippen molar-refractivity contribution in [1.29, 1.82) is 0 Å². The molecule has 2 rings (SSSR count). The summed E-state index contributed by atoms with van der Waals surface area (Å²) in [6.07, 6.45) is 2.42. The summed E-state index contributed by atoms with van der Waals surface area (Å²) >= 11 is 0. The molecule has 1 aromatic rings. The average molecular weight is 290 g/mol. The molecular formula is C16H22N2O3. The molecule has 0 heterocycles. The van der Waals surface area contributed by atoms with Crippen LogP contribution in [0.5, 0.6) is 0 Å². The summed E-state index contributed by atoms with van der Waals surface area (Å²) in [5.41, 5.74) is 6.12. The number of carbonyl (C=O) groups is 2. The molecule has 1 saturated carbocycles. The number of para-hydroxylation sites is 1. The van der Waals surface area contributed by atoms with E-state index in [4.69, 9.17) is 10.8 Å². The van der Waals surface area contributed by atoms with E-state index >= 15 is 0 Å². The highest BCUT2D eigenvalue weighted by atomic mass is 16.4. The van der Waals surface area contributed by atoms with Crippen LogP contribution in [0.15, 0.2) is 30.3 Å². The number of carboxylic acids is 1. The van der Waals surface area contributed by atoms with Gasteiger partial charge in [-0.05, 0) is 44.2 Å². The molecule has 1 fully saturated rings. The summed E-state index contributed by atoms with van der Waals surface area (Å²) in [4.78, 5) is 25.1. The van der Waals surface area contributed by atoms with Crippen molar-refractivity contribution in [3.8, 4) is 0 Å². The van der Waals surface area contributed by atoms with Crippen LogP contribution in [0.3, 0.4) is 0 Å². The van der Waals surface area contributed by atoms with E-state index in [1.54, 1.807) is 11.8 Å². The van der Waals surface area contributed by atoms with Gasteiger partial charge in [0.25, 0.3) is 0 Å². The maximum atomic E-state index is 12.8. The van der Waals surface area contributed by atoms with Gasteiger partial charge in [-0.3, -0.25) is 9.59 Å². The summed E-state index contributed by atoms with van der Waals surface area (Å²) in [5, 5.41) is 8.77. The van der Waals surface area contributed by atoms with E-state index in [2.05, 4.69) is 0 Å². The Morgan fingerprint density at radius 1 is 1.33 bits per heavy atom. The van der Waals surface area contributed by atoms with Gasteiger partial charge in [-0.15, -0.1) is 0 Å². The van der Waals surface area contributed by atoms with Crippen LogP contribution < -0.4 is 10.6 Å². The summed E-state index contributed by atoms with van der Waals surface area (Å²) in [6.45, 7) is 2.15. The summed E-state index contributed by atoms with van der Waals surface area (Å²) in [7, 11) is 0. The lowest BCUT2D eigenvalue weighted by molar-refractivity contribution is -0.137. The van der Waals surface area contributed by atoms with Crippen LogP contribution in [0.25, 0.3) is 0 Å². The third-order valence-corrected chi connectivity index (χ3v) is 3.97. The first-order chi connectivity index (χ1) is 9.93.